The molecular formula is C60H73IN4O14. The molecule has 2 aliphatic rings. The number of terminal acetylenes is 1. The van der Waals surface area contributed by atoms with Gasteiger partial charge in [-0.25, -0.2) is 0 Å². The van der Waals surface area contributed by atoms with Crippen LogP contribution in [0.3, 0.4) is 0 Å². The molecule has 6 atom stereocenters. The van der Waals surface area contributed by atoms with Gasteiger partial charge in [-0.1, -0.05) is 42.0 Å². The Balaban J connectivity index is 0.000000289. The molecule has 2 saturated heterocycles. The van der Waals surface area contributed by atoms with E-state index in [4.69, 9.17) is 35.6 Å². The molecule has 0 aromatic heterocycles. The summed E-state index contributed by atoms with van der Waals surface area (Å²) < 4.78 is 23.1. The smallest absolute Gasteiger partial charge is 0.254 e. The minimum Gasteiger partial charge on any atom is -0.396 e. The standard InChI is InChI=1S/C30H36N2O7.C19H25IN2O5.C11H12O2/c1-30(29(37)31-2,26(35)20-39-27-6-4-5-19-38-27)32(3)28(36)24-15-11-22(12-16-24)8-7-21-9-13-23(14-10-21)25(34)17-18-33;1-19(18(25)21-2,15(23)12-27-16-6-4-5-11-26-16)22(3)17(24)13-7-9-14(20)10-8-13;1-2-9-3-5-10(6-4-9)11(13)7-8-12/h9-16,25,27,33-34H,4-6,17-20H2,1-3H3,(H,31,37);7-10,16H,4-6,11-12H2,1-3H3,(H,21,25);1,3-6,11-13H,7-8H2/t25-,27?,30+;16?,19-;11-/m010/s1. The maximum Gasteiger partial charge on any atom is 0.254 e. The van der Waals surface area contributed by atoms with E-state index < -0.39 is 71.1 Å². The second-order valence-corrected chi connectivity index (χ2v) is 20.1. The first-order valence-electron chi connectivity index (χ1n) is 25.9. The van der Waals surface area contributed by atoms with Crippen molar-refractivity contribution in [2.45, 2.75) is 101 Å². The lowest BCUT2D eigenvalue weighted by Gasteiger charge is -2.36. The van der Waals surface area contributed by atoms with Crippen molar-refractivity contribution in [3.63, 3.8) is 0 Å². The Hall–Kier alpha value is -6.37. The molecule has 79 heavy (non-hydrogen) atoms. The van der Waals surface area contributed by atoms with Crippen molar-refractivity contribution in [1.82, 2.24) is 20.4 Å². The number of likely N-dealkylation sites (N-methyl/N-ethyl adjacent to an activating group) is 4. The van der Waals surface area contributed by atoms with Gasteiger partial charge in [-0.15, -0.1) is 6.42 Å². The Labute approximate surface area is 476 Å². The number of aliphatic hydroxyl groups is 4. The fraction of sp³-hybridized carbons (Fsp3) is 0.433. The van der Waals surface area contributed by atoms with Crippen LogP contribution in [-0.4, -0.2) is 157 Å². The number of hydrogen-bond acceptors (Lipinski definition) is 14. The zero-order valence-electron chi connectivity index (χ0n) is 45.7. The summed E-state index contributed by atoms with van der Waals surface area (Å²) in [6, 6.07) is 27.7. The highest BCUT2D eigenvalue weighted by Gasteiger charge is 2.48. The van der Waals surface area contributed by atoms with E-state index in [9.17, 15) is 39.0 Å². The number of amides is 4. The quantitative estimate of drug-likeness (QED) is 0.0376. The summed E-state index contributed by atoms with van der Waals surface area (Å²) in [5.74, 6) is 5.40. The summed E-state index contributed by atoms with van der Waals surface area (Å²) in [5.41, 5.74) is 0.923. The first kappa shape index (κ1) is 65.2. The van der Waals surface area contributed by atoms with Gasteiger partial charge in [0.1, 0.15) is 13.2 Å². The monoisotopic (exact) mass is 1200 g/mol. The fourth-order valence-electron chi connectivity index (χ4n) is 8.12. The number of rotatable bonds is 20. The summed E-state index contributed by atoms with van der Waals surface area (Å²) in [6.07, 6.45) is 8.73. The Bertz CT molecular complexity index is 2730. The third kappa shape index (κ3) is 18.6. The van der Waals surface area contributed by atoms with E-state index in [2.05, 4.69) is 51.0 Å². The summed E-state index contributed by atoms with van der Waals surface area (Å²) in [4.78, 5) is 79.9. The van der Waals surface area contributed by atoms with E-state index in [-0.39, 0.29) is 32.8 Å². The van der Waals surface area contributed by atoms with Crippen LogP contribution in [-0.2, 0) is 38.1 Å². The van der Waals surface area contributed by atoms with E-state index in [1.165, 1.54) is 46.9 Å². The van der Waals surface area contributed by atoms with Crippen molar-refractivity contribution in [3.05, 3.63) is 140 Å². The molecule has 2 fully saturated rings. The maximum atomic E-state index is 13.3. The average Bonchev–Trinajstić information content (AvgIpc) is 3.54. The summed E-state index contributed by atoms with van der Waals surface area (Å²) >= 11 is 2.14. The molecule has 19 heteroatoms. The van der Waals surface area contributed by atoms with Crippen LogP contribution in [0.5, 0.6) is 0 Å². The second kappa shape index (κ2) is 32.6. The van der Waals surface area contributed by atoms with Crippen molar-refractivity contribution in [2.24, 2.45) is 0 Å². The van der Waals surface area contributed by atoms with Crippen LogP contribution in [0.25, 0.3) is 0 Å². The SMILES string of the molecule is C#Cc1ccc([C@@H](O)CCO)cc1.CNC(=O)[C@@](C)(C(=O)COC1CCCCO1)N(C)C(=O)c1ccc(C#Cc2ccc([C@@H](O)CCO)cc2)cc1.CNC(=O)[C@@](C)(C(=O)COC1CCCCO1)N(C)C(=O)c1ccc(I)cc1. The van der Waals surface area contributed by atoms with Crippen molar-refractivity contribution in [1.29, 1.82) is 0 Å². The number of ether oxygens (including phenoxy) is 4. The van der Waals surface area contributed by atoms with Gasteiger partial charge in [-0.2, -0.15) is 0 Å². The first-order valence-corrected chi connectivity index (χ1v) is 27.0. The summed E-state index contributed by atoms with van der Waals surface area (Å²) in [6.45, 7) is 3.22. The summed E-state index contributed by atoms with van der Waals surface area (Å²) in [7, 11) is 5.71. The van der Waals surface area contributed by atoms with Gasteiger partial charge in [0, 0.05) is 98.8 Å². The maximum absolute atomic E-state index is 13.3. The van der Waals surface area contributed by atoms with Crippen LogP contribution >= 0.6 is 22.6 Å². The molecule has 424 valence electrons. The minimum absolute atomic E-state index is 0.0158. The number of nitrogens with zero attached hydrogens (tertiary/aromatic N) is 2. The number of carbonyl (C=O) groups excluding carboxylic acids is 6. The van der Waals surface area contributed by atoms with Gasteiger partial charge in [-0.05, 0) is 159 Å². The lowest BCUT2D eigenvalue weighted by molar-refractivity contribution is -0.174. The lowest BCUT2D eigenvalue weighted by atomic mass is 9.92. The van der Waals surface area contributed by atoms with Crippen LogP contribution in [0.15, 0.2) is 97.1 Å². The molecule has 4 aromatic carbocycles. The van der Waals surface area contributed by atoms with Gasteiger partial charge < -0.3 is 59.8 Å². The van der Waals surface area contributed by atoms with Crippen molar-refractivity contribution in [2.75, 3.05) is 67.8 Å². The molecule has 18 nitrogen and oxygen atoms in total. The largest absolute Gasteiger partial charge is 0.396 e. The molecule has 2 aliphatic heterocycles. The Kier molecular flexibility index (Phi) is 26.9. The Morgan fingerprint density at radius 1 is 0.620 bits per heavy atom. The zero-order chi connectivity index (χ0) is 58.1. The normalized spacial score (nSPS) is 17.0. The van der Waals surface area contributed by atoms with Gasteiger partial charge in [0.15, 0.2) is 35.2 Å². The van der Waals surface area contributed by atoms with Crippen LogP contribution in [0.2, 0.25) is 0 Å². The van der Waals surface area contributed by atoms with E-state index in [0.717, 1.165) is 50.8 Å². The van der Waals surface area contributed by atoms with E-state index in [1.807, 2.05) is 0 Å². The minimum atomic E-state index is -1.78. The fourth-order valence-corrected chi connectivity index (χ4v) is 8.48. The molecule has 0 saturated carbocycles. The van der Waals surface area contributed by atoms with Crippen LogP contribution in [0.4, 0.5) is 0 Å². The molecule has 2 heterocycles. The van der Waals surface area contributed by atoms with Crippen LogP contribution in [0.1, 0.15) is 126 Å². The molecule has 4 amide bonds. The first-order chi connectivity index (χ1) is 37.8. The number of nitrogens with one attached hydrogen (secondary N) is 2. The topological polar surface area (TPSA) is 251 Å². The highest BCUT2D eigenvalue weighted by atomic mass is 127. The van der Waals surface area contributed by atoms with E-state index in [1.54, 1.807) is 97.1 Å². The van der Waals surface area contributed by atoms with Gasteiger partial charge in [0.05, 0.1) is 12.2 Å². The lowest BCUT2D eigenvalue weighted by Crippen LogP contribution is -2.62. The third-order valence-corrected chi connectivity index (χ3v) is 14.3. The molecule has 2 unspecified atom stereocenters. The van der Waals surface area contributed by atoms with E-state index >= 15 is 0 Å². The van der Waals surface area contributed by atoms with Crippen molar-refractivity contribution < 1.29 is 68.1 Å². The van der Waals surface area contributed by atoms with Gasteiger partial charge in [-0.3, -0.25) is 28.8 Å². The predicted octanol–water partition coefficient (Wildman–Crippen LogP) is 5.26. The number of aliphatic hydroxyl groups excluding tert-OH is 4. The zero-order valence-corrected chi connectivity index (χ0v) is 47.8. The van der Waals surface area contributed by atoms with Crippen LogP contribution < -0.4 is 10.6 Å². The molecular weight excluding hydrogens is 1130 g/mol. The molecule has 0 bridgehead atoms. The third-order valence-electron chi connectivity index (χ3n) is 13.6. The second-order valence-electron chi connectivity index (χ2n) is 18.9. The number of carbonyl (C=O) groups is 6. The predicted molar refractivity (Wildman–Crippen MR) is 304 cm³/mol. The van der Waals surface area contributed by atoms with Gasteiger partial charge in [0.25, 0.3) is 23.6 Å². The molecule has 0 radical (unpaired) electrons. The molecule has 0 spiro atoms. The molecule has 6 rings (SSSR count). The number of benzene rings is 4. The van der Waals surface area contributed by atoms with Gasteiger partial charge in [0.2, 0.25) is 0 Å². The summed E-state index contributed by atoms with van der Waals surface area (Å²) in [5, 5.41) is 42.0. The van der Waals surface area contributed by atoms with Gasteiger partial charge >= 0.3 is 0 Å². The number of Topliss-reactive ketones (excluding diaryl/α,β-unsaturated/α-hetero) is 2. The van der Waals surface area contributed by atoms with E-state index in [0.29, 0.717) is 54.7 Å². The highest BCUT2D eigenvalue weighted by molar-refractivity contribution is 14.1. The molecule has 4 aromatic rings. The number of hydrogen-bond donors (Lipinski definition) is 6. The Morgan fingerprint density at radius 2 is 0.975 bits per heavy atom. The van der Waals surface area contributed by atoms with Crippen molar-refractivity contribution >= 4 is 57.8 Å². The van der Waals surface area contributed by atoms with Crippen molar-refractivity contribution in [3.8, 4) is 24.2 Å². The molecule has 0 aliphatic carbocycles. The number of halogens is 1. The average molecular weight is 1200 g/mol. The van der Waals surface area contributed by atoms with Crippen LogP contribution in [0, 0.1) is 27.8 Å². The number of ketones is 2. The Morgan fingerprint density at radius 3 is 1.30 bits per heavy atom. The highest BCUT2D eigenvalue weighted by Crippen LogP contribution is 2.24. The molecule has 6 N–H and O–H groups in total.